The SMILES string of the molecule is NC1CCN(S(=O)(=O)c2ccc(Nc3ncc4cc(Br)c(=O)n(C5CCCC5)c4n3)nc2)C1. The number of anilines is 2. The fraction of sp³-hybridized carbons (Fsp3) is 0.429. The Morgan fingerprint density at radius 2 is 1.91 bits per heavy atom. The fourth-order valence-electron chi connectivity index (χ4n) is 4.49. The molecule has 1 aliphatic carbocycles. The van der Waals surface area contributed by atoms with Gasteiger partial charge in [-0.1, -0.05) is 12.8 Å². The summed E-state index contributed by atoms with van der Waals surface area (Å²) in [5, 5.41) is 3.78. The number of nitrogens with one attached hydrogen (secondary N) is 1. The van der Waals surface area contributed by atoms with Crippen LogP contribution in [0.15, 0.2) is 44.8 Å². The Balaban J connectivity index is 1.43. The van der Waals surface area contributed by atoms with Gasteiger partial charge in [0.2, 0.25) is 16.0 Å². The summed E-state index contributed by atoms with van der Waals surface area (Å²) in [7, 11) is -3.62. The van der Waals surface area contributed by atoms with E-state index in [2.05, 4.69) is 36.2 Å². The van der Waals surface area contributed by atoms with Crippen LogP contribution in [0.3, 0.4) is 0 Å². The van der Waals surface area contributed by atoms with E-state index in [4.69, 9.17) is 5.73 Å². The van der Waals surface area contributed by atoms with Crippen molar-refractivity contribution in [3.63, 3.8) is 0 Å². The maximum atomic E-state index is 12.9. The predicted octanol–water partition coefficient (Wildman–Crippen LogP) is 2.53. The largest absolute Gasteiger partial charge is 0.326 e. The van der Waals surface area contributed by atoms with Crippen molar-refractivity contribution in [1.82, 2.24) is 23.8 Å². The Hall–Kier alpha value is -2.41. The molecule has 1 atom stereocenters. The molecule has 1 saturated heterocycles. The minimum absolute atomic E-state index is 0.103. The minimum Gasteiger partial charge on any atom is -0.326 e. The quantitative estimate of drug-likeness (QED) is 0.510. The minimum atomic E-state index is -3.62. The van der Waals surface area contributed by atoms with Crippen molar-refractivity contribution in [2.24, 2.45) is 5.73 Å². The molecule has 1 aliphatic heterocycles. The molecule has 0 amide bonds. The Bertz CT molecular complexity index is 1350. The third-order valence-corrected chi connectivity index (χ3v) is 8.64. The van der Waals surface area contributed by atoms with Crippen LogP contribution in [0.2, 0.25) is 0 Å². The van der Waals surface area contributed by atoms with E-state index in [-0.39, 0.29) is 28.5 Å². The van der Waals surface area contributed by atoms with Crippen LogP contribution in [0.4, 0.5) is 11.8 Å². The van der Waals surface area contributed by atoms with Gasteiger partial charge in [0.25, 0.3) is 5.56 Å². The molecule has 33 heavy (non-hydrogen) atoms. The van der Waals surface area contributed by atoms with Gasteiger partial charge < -0.3 is 11.1 Å². The molecule has 10 nitrogen and oxygen atoms in total. The molecule has 2 fully saturated rings. The van der Waals surface area contributed by atoms with Crippen LogP contribution < -0.4 is 16.6 Å². The molecule has 174 valence electrons. The maximum Gasteiger partial charge on any atom is 0.266 e. The van der Waals surface area contributed by atoms with Gasteiger partial charge >= 0.3 is 0 Å². The monoisotopic (exact) mass is 533 g/mol. The average molecular weight is 534 g/mol. The maximum absolute atomic E-state index is 12.9. The van der Waals surface area contributed by atoms with Crippen LogP contribution in [-0.2, 0) is 10.0 Å². The number of nitrogens with zero attached hydrogens (tertiary/aromatic N) is 5. The average Bonchev–Trinajstić information content (AvgIpc) is 3.48. The number of nitrogens with two attached hydrogens (primary N) is 1. The third kappa shape index (κ3) is 4.27. The molecule has 1 unspecified atom stereocenters. The zero-order valence-corrected chi connectivity index (χ0v) is 20.2. The van der Waals surface area contributed by atoms with E-state index in [1.807, 2.05) is 0 Å². The van der Waals surface area contributed by atoms with Crippen LogP contribution in [0.25, 0.3) is 11.0 Å². The number of pyridine rings is 2. The van der Waals surface area contributed by atoms with E-state index in [0.29, 0.717) is 35.4 Å². The second-order valence-corrected chi connectivity index (χ2v) is 11.3. The Morgan fingerprint density at radius 3 is 2.58 bits per heavy atom. The topological polar surface area (TPSA) is 136 Å². The number of sulfonamides is 1. The molecule has 0 radical (unpaired) electrons. The molecule has 0 spiro atoms. The standard InChI is InChI=1S/C21H24BrN7O3S/c22-17-9-13-10-25-21(27-19(13)29(20(17)30)15-3-1-2-4-15)26-18-6-5-16(11-24-18)33(31,32)28-8-7-14(23)12-28/h5-6,9-11,14-15H,1-4,7-8,12,23H2,(H,24,25,26,27). The lowest BCUT2D eigenvalue weighted by atomic mass is 10.2. The number of fused-ring (bicyclic) bond motifs is 1. The van der Waals surface area contributed by atoms with Gasteiger partial charge in [-0.25, -0.2) is 18.4 Å². The van der Waals surface area contributed by atoms with E-state index in [1.54, 1.807) is 22.9 Å². The molecule has 1 saturated carbocycles. The van der Waals surface area contributed by atoms with Gasteiger partial charge in [0, 0.05) is 43.0 Å². The summed E-state index contributed by atoms with van der Waals surface area (Å²) in [6.45, 7) is 0.722. The number of rotatable bonds is 5. The van der Waals surface area contributed by atoms with Crippen LogP contribution in [0, 0.1) is 0 Å². The van der Waals surface area contributed by atoms with Gasteiger partial charge in [0.05, 0.1) is 4.47 Å². The van der Waals surface area contributed by atoms with Gasteiger partial charge in [0.15, 0.2) is 0 Å². The Morgan fingerprint density at radius 1 is 1.12 bits per heavy atom. The molecule has 3 aromatic heterocycles. The van der Waals surface area contributed by atoms with E-state index in [1.165, 1.54) is 16.6 Å². The van der Waals surface area contributed by atoms with Gasteiger partial charge in [-0.05, 0) is 53.4 Å². The molecule has 3 aromatic rings. The zero-order chi connectivity index (χ0) is 23.2. The van der Waals surface area contributed by atoms with E-state index in [0.717, 1.165) is 31.1 Å². The van der Waals surface area contributed by atoms with Crippen molar-refractivity contribution in [3.8, 4) is 0 Å². The van der Waals surface area contributed by atoms with E-state index >= 15 is 0 Å². The summed E-state index contributed by atoms with van der Waals surface area (Å²) in [6.07, 6.45) is 7.68. The summed E-state index contributed by atoms with van der Waals surface area (Å²) in [4.78, 5) is 26.1. The third-order valence-electron chi connectivity index (χ3n) is 6.22. The van der Waals surface area contributed by atoms with Crippen molar-refractivity contribution in [2.75, 3.05) is 18.4 Å². The highest BCUT2D eigenvalue weighted by atomic mass is 79.9. The zero-order valence-electron chi connectivity index (χ0n) is 17.8. The molecular formula is C21H24BrN7O3S. The molecule has 0 bridgehead atoms. The first-order chi connectivity index (χ1) is 15.8. The van der Waals surface area contributed by atoms with Gasteiger partial charge in [-0.3, -0.25) is 9.36 Å². The van der Waals surface area contributed by atoms with Crippen molar-refractivity contribution < 1.29 is 8.42 Å². The predicted molar refractivity (Wildman–Crippen MR) is 128 cm³/mol. The summed E-state index contributed by atoms with van der Waals surface area (Å²) >= 11 is 3.36. The van der Waals surface area contributed by atoms with Gasteiger partial charge in [0.1, 0.15) is 16.4 Å². The van der Waals surface area contributed by atoms with Crippen molar-refractivity contribution in [2.45, 2.75) is 49.1 Å². The first-order valence-electron chi connectivity index (χ1n) is 10.9. The molecule has 0 aromatic carbocycles. The lowest BCUT2D eigenvalue weighted by Crippen LogP contribution is -2.32. The highest BCUT2D eigenvalue weighted by molar-refractivity contribution is 9.10. The first-order valence-corrected chi connectivity index (χ1v) is 13.1. The lowest BCUT2D eigenvalue weighted by molar-refractivity contribution is 0.472. The summed E-state index contributed by atoms with van der Waals surface area (Å²) in [5.74, 6) is 0.683. The van der Waals surface area contributed by atoms with Crippen molar-refractivity contribution in [1.29, 1.82) is 0 Å². The van der Waals surface area contributed by atoms with Gasteiger partial charge in [-0.15, -0.1) is 0 Å². The molecule has 12 heteroatoms. The Kier molecular flexibility index (Phi) is 5.93. The van der Waals surface area contributed by atoms with Crippen LogP contribution in [-0.4, -0.2) is 51.4 Å². The highest BCUT2D eigenvalue weighted by Gasteiger charge is 2.31. The first kappa shape index (κ1) is 22.4. The van der Waals surface area contributed by atoms with E-state index < -0.39 is 10.0 Å². The summed E-state index contributed by atoms with van der Waals surface area (Å²) < 4.78 is 29.2. The number of aromatic nitrogens is 4. The molecule has 5 rings (SSSR count). The second kappa shape index (κ2) is 8.75. The lowest BCUT2D eigenvalue weighted by Gasteiger charge is -2.17. The van der Waals surface area contributed by atoms with Crippen LogP contribution >= 0.6 is 15.9 Å². The van der Waals surface area contributed by atoms with Crippen molar-refractivity contribution in [3.05, 3.63) is 45.4 Å². The van der Waals surface area contributed by atoms with E-state index in [9.17, 15) is 13.2 Å². The second-order valence-electron chi connectivity index (χ2n) is 8.49. The highest BCUT2D eigenvalue weighted by Crippen LogP contribution is 2.31. The number of hydrogen-bond acceptors (Lipinski definition) is 8. The summed E-state index contributed by atoms with van der Waals surface area (Å²) in [5.41, 5.74) is 6.31. The Labute approximate surface area is 199 Å². The molecule has 4 heterocycles. The van der Waals surface area contributed by atoms with Crippen LogP contribution in [0.5, 0.6) is 0 Å². The van der Waals surface area contributed by atoms with Crippen molar-refractivity contribution >= 4 is 48.8 Å². The molecule has 3 N–H and O–H groups in total. The molecular weight excluding hydrogens is 510 g/mol. The summed E-state index contributed by atoms with van der Waals surface area (Å²) in [6, 6.07) is 4.78. The normalized spacial score (nSPS) is 20.0. The number of halogens is 1. The number of hydrogen-bond donors (Lipinski definition) is 2. The van der Waals surface area contributed by atoms with Gasteiger partial charge in [-0.2, -0.15) is 9.29 Å². The smallest absolute Gasteiger partial charge is 0.266 e. The van der Waals surface area contributed by atoms with Crippen LogP contribution in [0.1, 0.15) is 38.1 Å². The fourth-order valence-corrected chi connectivity index (χ4v) is 6.39. The molecule has 2 aliphatic rings.